The molecule has 1 aliphatic carbocycles. The van der Waals surface area contributed by atoms with Crippen LogP contribution in [0.3, 0.4) is 0 Å². The minimum absolute atomic E-state index is 0.0435. The number of benzene rings is 1. The number of halogens is 1. The third-order valence-electron chi connectivity index (χ3n) is 5.24. The van der Waals surface area contributed by atoms with Crippen molar-refractivity contribution in [3.8, 4) is 5.75 Å². The molecule has 4 rings (SSSR count). The molecule has 1 aromatic carbocycles. The highest BCUT2D eigenvalue weighted by molar-refractivity contribution is 7.18. The molecular formula is C21H21FN2O4S. The monoisotopic (exact) mass is 416 g/mol. The topological polar surface area (TPSA) is 81.3 Å². The summed E-state index contributed by atoms with van der Waals surface area (Å²) in [4.78, 5) is 34.3. The molecule has 0 radical (unpaired) electrons. The number of fused-ring (bicyclic) bond motifs is 3. The second-order valence-corrected chi connectivity index (χ2v) is 8.46. The van der Waals surface area contributed by atoms with E-state index in [1.54, 1.807) is 6.92 Å². The van der Waals surface area contributed by atoms with Crippen LogP contribution in [0.25, 0.3) is 10.2 Å². The first-order chi connectivity index (χ1) is 13.9. The fraction of sp³-hybridized carbons (Fsp3) is 0.381. The summed E-state index contributed by atoms with van der Waals surface area (Å²) >= 11 is 1.54. The number of hydrogen-bond donors (Lipinski definition) is 1. The van der Waals surface area contributed by atoms with Gasteiger partial charge < -0.3 is 14.5 Å². The number of aromatic amines is 1. The van der Waals surface area contributed by atoms with Crippen molar-refractivity contribution in [3.63, 3.8) is 0 Å². The number of ether oxygens (including phenoxy) is 2. The molecule has 29 heavy (non-hydrogen) atoms. The zero-order valence-corrected chi connectivity index (χ0v) is 17.2. The van der Waals surface area contributed by atoms with Gasteiger partial charge in [0.1, 0.15) is 4.83 Å². The molecule has 0 spiro atoms. The predicted molar refractivity (Wildman–Crippen MR) is 108 cm³/mol. The number of aryl methyl sites for hydroxylation is 1. The molecule has 152 valence electrons. The van der Waals surface area contributed by atoms with Gasteiger partial charge in [-0.05, 0) is 55.9 Å². The molecule has 0 amide bonds. The van der Waals surface area contributed by atoms with Gasteiger partial charge in [0, 0.05) is 4.88 Å². The molecule has 0 fully saturated rings. The van der Waals surface area contributed by atoms with Crippen LogP contribution in [0.4, 0.5) is 4.39 Å². The van der Waals surface area contributed by atoms with Crippen molar-refractivity contribution < 1.29 is 18.7 Å². The second kappa shape index (κ2) is 7.59. The Kier molecular flexibility index (Phi) is 5.12. The number of nitrogens with one attached hydrogen (secondary N) is 1. The molecule has 3 aromatic rings. The summed E-state index contributed by atoms with van der Waals surface area (Å²) in [5, 5.41) is 0.649. The fourth-order valence-electron chi connectivity index (χ4n) is 3.64. The van der Waals surface area contributed by atoms with E-state index in [0.29, 0.717) is 16.1 Å². The molecule has 2 heterocycles. The van der Waals surface area contributed by atoms with E-state index in [4.69, 9.17) is 9.47 Å². The Morgan fingerprint density at radius 3 is 2.93 bits per heavy atom. The van der Waals surface area contributed by atoms with Gasteiger partial charge in [0.15, 0.2) is 23.5 Å². The summed E-state index contributed by atoms with van der Waals surface area (Å²) in [6, 6.07) is 3.84. The first-order valence-corrected chi connectivity index (χ1v) is 10.3. The molecular weight excluding hydrogens is 395 g/mol. The smallest absolute Gasteiger partial charge is 0.338 e. The maximum atomic E-state index is 13.8. The van der Waals surface area contributed by atoms with Crippen molar-refractivity contribution in [2.75, 3.05) is 7.11 Å². The zero-order valence-electron chi connectivity index (χ0n) is 16.4. The number of H-pyrrole nitrogens is 1. The van der Waals surface area contributed by atoms with Gasteiger partial charge in [0.05, 0.1) is 18.1 Å². The van der Waals surface area contributed by atoms with E-state index < -0.39 is 17.9 Å². The summed E-state index contributed by atoms with van der Waals surface area (Å²) < 4.78 is 24.1. The van der Waals surface area contributed by atoms with Crippen molar-refractivity contribution in [2.45, 2.75) is 39.2 Å². The van der Waals surface area contributed by atoms with Crippen molar-refractivity contribution in [1.29, 1.82) is 0 Å². The lowest BCUT2D eigenvalue weighted by atomic mass is 9.89. The normalized spacial score (nSPS) is 17.0. The number of thiophene rings is 1. The lowest BCUT2D eigenvalue weighted by molar-refractivity contribution is 0.0319. The summed E-state index contributed by atoms with van der Waals surface area (Å²) in [6.07, 6.45) is 2.11. The van der Waals surface area contributed by atoms with E-state index in [1.165, 1.54) is 35.5 Å². The molecule has 0 saturated carbocycles. The lowest BCUT2D eigenvalue weighted by Crippen LogP contribution is -2.18. The van der Waals surface area contributed by atoms with E-state index in [0.717, 1.165) is 30.9 Å². The Labute approximate surface area is 170 Å². The number of rotatable bonds is 4. The third-order valence-corrected chi connectivity index (χ3v) is 6.39. The molecule has 8 heteroatoms. The van der Waals surface area contributed by atoms with Crippen molar-refractivity contribution in [2.24, 2.45) is 5.92 Å². The van der Waals surface area contributed by atoms with Crippen LogP contribution in [0, 0.1) is 11.7 Å². The van der Waals surface area contributed by atoms with Crippen LogP contribution < -0.4 is 10.3 Å². The molecule has 0 saturated heterocycles. The molecule has 0 bridgehead atoms. The van der Waals surface area contributed by atoms with Gasteiger partial charge >= 0.3 is 5.97 Å². The number of carbonyl (C=O) groups excluding carboxylic acids is 1. The molecule has 1 N–H and O–H groups in total. The van der Waals surface area contributed by atoms with E-state index in [1.807, 2.05) is 0 Å². The number of nitrogens with zero attached hydrogens (tertiary/aromatic N) is 1. The Morgan fingerprint density at radius 1 is 1.41 bits per heavy atom. The highest BCUT2D eigenvalue weighted by Crippen LogP contribution is 2.36. The third kappa shape index (κ3) is 3.64. The standard InChI is InChI=1S/C21H21FN2O4S/c1-10-4-6-13-16(8-10)29-20-17(13)19(25)23-18(24-20)11(2)28-21(26)12-5-7-15(27-3)14(22)9-12/h5,7,9-11H,4,6,8H2,1-3H3,(H,23,24,25)/t10-,11-/m1/s1. The van der Waals surface area contributed by atoms with Gasteiger partial charge in [0.25, 0.3) is 5.56 Å². The van der Waals surface area contributed by atoms with Crippen LogP contribution in [0.15, 0.2) is 23.0 Å². The zero-order chi connectivity index (χ0) is 20.7. The van der Waals surface area contributed by atoms with Gasteiger partial charge in [-0.2, -0.15) is 0 Å². The number of hydrogen-bond acceptors (Lipinski definition) is 6. The minimum Gasteiger partial charge on any atom is -0.494 e. The van der Waals surface area contributed by atoms with E-state index >= 15 is 0 Å². The Balaban J connectivity index is 1.60. The number of aromatic nitrogens is 2. The lowest BCUT2D eigenvalue weighted by Gasteiger charge is -2.17. The van der Waals surface area contributed by atoms with Crippen molar-refractivity contribution >= 4 is 27.5 Å². The first kappa shape index (κ1) is 19.6. The molecule has 1 aliphatic rings. The van der Waals surface area contributed by atoms with Gasteiger partial charge in [-0.1, -0.05) is 6.92 Å². The van der Waals surface area contributed by atoms with Crippen molar-refractivity contribution in [3.05, 3.63) is 56.2 Å². The van der Waals surface area contributed by atoms with Crippen LogP contribution in [0.5, 0.6) is 5.75 Å². The highest BCUT2D eigenvalue weighted by atomic mass is 32.1. The van der Waals surface area contributed by atoms with Crippen LogP contribution in [-0.4, -0.2) is 23.0 Å². The van der Waals surface area contributed by atoms with Gasteiger partial charge in [-0.25, -0.2) is 14.2 Å². The molecule has 6 nitrogen and oxygen atoms in total. The molecule has 0 unspecified atom stereocenters. The average Bonchev–Trinajstić information content (AvgIpc) is 3.05. The summed E-state index contributed by atoms with van der Waals surface area (Å²) in [7, 11) is 1.35. The minimum atomic E-state index is -0.789. The number of carbonyl (C=O) groups is 1. The second-order valence-electron chi connectivity index (χ2n) is 7.38. The predicted octanol–water partition coefficient (Wildman–Crippen LogP) is 4.18. The molecule has 0 aliphatic heterocycles. The van der Waals surface area contributed by atoms with E-state index in [9.17, 15) is 14.0 Å². The highest BCUT2D eigenvalue weighted by Gasteiger charge is 2.24. The Bertz CT molecular complexity index is 1150. The Hall–Kier alpha value is -2.74. The van der Waals surface area contributed by atoms with Gasteiger partial charge in [0.2, 0.25) is 0 Å². The van der Waals surface area contributed by atoms with Crippen molar-refractivity contribution in [1.82, 2.24) is 9.97 Å². The van der Waals surface area contributed by atoms with Gasteiger partial charge in [-0.3, -0.25) is 4.79 Å². The van der Waals surface area contributed by atoms with Crippen LogP contribution >= 0.6 is 11.3 Å². The quantitative estimate of drug-likeness (QED) is 0.646. The summed E-state index contributed by atoms with van der Waals surface area (Å²) in [5.74, 6) is -0.445. The van der Waals surface area contributed by atoms with Crippen LogP contribution in [0.1, 0.15) is 53.0 Å². The maximum Gasteiger partial charge on any atom is 0.338 e. The molecule has 2 aromatic heterocycles. The SMILES string of the molecule is COc1ccc(C(=O)O[C@H](C)c2nc3sc4c(c3c(=O)[nH]2)CC[C@@H](C)C4)cc1F. The summed E-state index contributed by atoms with van der Waals surface area (Å²) in [5.41, 5.74) is 0.941. The fourth-order valence-corrected chi connectivity index (χ4v) is 5.03. The first-order valence-electron chi connectivity index (χ1n) is 9.46. The maximum absolute atomic E-state index is 13.8. The average molecular weight is 416 g/mol. The Morgan fingerprint density at radius 2 is 2.21 bits per heavy atom. The molecule has 2 atom stereocenters. The largest absolute Gasteiger partial charge is 0.494 e. The van der Waals surface area contributed by atoms with E-state index in [2.05, 4.69) is 16.9 Å². The number of esters is 1. The van der Waals surface area contributed by atoms with Gasteiger partial charge in [-0.15, -0.1) is 11.3 Å². The number of methoxy groups -OCH3 is 1. The van der Waals surface area contributed by atoms with Crippen LogP contribution in [0.2, 0.25) is 0 Å². The summed E-state index contributed by atoms with van der Waals surface area (Å²) in [6.45, 7) is 3.83. The van der Waals surface area contributed by atoms with E-state index in [-0.39, 0.29) is 22.7 Å². The van der Waals surface area contributed by atoms with Crippen LogP contribution in [-0.2, 0) is 17.6 Å².